The lowest BCUT2D eigenvalue weighted by molar-refractivity contribution is 0.343. The molecule has 1 aliphatic carbocycles. The summed E-state index contributed by atoms with van der Waals surface area (Å²) in [6, 6.07) is 6.28. The summed E-state index contributed by atoms with van der Waals surface area (Å²) in [6.45, 7) is 8.01. The number of H-pyrrole nitrogens is 1. The number of hydrogen-bond acceptors (Lipinski definition) is 5. The Kier molecular flexibility index (Phi) is 5.22. The van der Waals surface area contributed by atoms with Crippen LogP contribution < -0.4 is 21.5 Å². The van der Waals surface area contributed by atoms with Crippen LogP contribution in [0.1, 0.15) is 50.6 Å². The van der Waals surface area contributed by atoms with E-state index in [0.29, 0.717) is 11.8 Å². The van der Waals surface area contributed by atoms with Crippen LogP contribution in [0.4, 0.5) is 5.69 Å². The van der Waals surface area contributed by atoms with Gasteiger partial charge in [-0.3, -0.25) is 14.3 Å². The van der Waals surface area contributed by atoms with Gasteiger partial charge in [0.1, 0.15) is 0 Å². The summed E-state index contributed by atoms with van der Waals surface area (Å²) >= 11 is 0. The second-order valence-electron chi connectivity index (χ2n) is 8.89. The van der Waals surface area contributed by atoms with Crippen LogP contribution in [0.15, 0.2) is 21.7 Å². The molecule has 2 fully saturated rings. The van der Waals surface area contributed by atoms with E-state index in [1.807, 2.05) is 19.1 Å². The molecule has 7 heteroatoms. The predicted octanol–water partition coefficient (Wildman–Crippen LogP) is 2.44. The van der Waals surface area contributed by atoms with E-state index in [1.54, 1.807) is 4.57 Å². The first-order chi connectivity index (χ1) is 13.9. The Morgan fingerprint density at radius 3 is 2.86 bits per heavy atom. The third-order valence-corrected chi connectivity index (χ3v) is 6.33. The highest BCUT2D eigenvalue weighted by molar-refractivity contribution is 5.87. The smallest absolute Gasteiger partial charge is 0.329 e. The van der Waals surface area contributed by atoms with E-state index in [4.69, 9.17) is 5.26 Å². The molecule has 1 unspecified atom stereocenters. The van der Waals surface area contributed by atoms with Crippen molar-refractivity contribution in [1.82, 2.24) is 14.9 Å². The van der Waals surface area contributed by atoms with Gasteiger partial charge in [-0.15, -0.1) is 0 Å². The molecule has 0 bridgehead atoms. The summed E-state index contributed by atoms with van der Waals surface area (Å²) in [4.78, 5) is 29.7. The third kappa shape index (κ3) is 3.82. The number of rotatable bonds is 7. The maximum atomic E-state index is 12.5. The number of unbranched alkanes of at least 4 members (excludes halogenated alkanes) is 1. The first-order valence-electron chi connectivity index (χ1n) is 10.5. The maximum absolute atomic E-state index is 12.5. The van der Waals surface area contributed by atoms with Crippen molar-refractivity contribution in [2.45, 2.75) is 52.0 Å². The Hall–Kier alpha value is -2.59. The van der Waals surface area contributed by atoms with Crippen LogP contribution in [0.2, 0.25) is 0 Å². The van der Waals surface area contributed by atoms with E-state index in [0.717, 1.165) is 68.6 Å². The molecule has 7 nitrogen and oxygen atoms in total. The normalized spacial score (nSPS) is 21.6. The fraction of sp³-hybridized carbons (Fsp3) is 0.591. The number of benzene rings is 1. The van der Waals surface area contributed by atoms with Gasteiger partial charge in [0.15, 0.2) is 0 Å². The van der Waals surface area contributed by atoms with Crippen LogP contribution >= 0.6 is 0 Å². The van der Waals surface area contributed by atoms with Crippen molar-refractivity contribution in [3.8, 4) is 6.07 Å². The van der Waals surface area contributed by atoms with E-state index >= 15 is 0 Å². The lowest BCUT2D eigenvalue weighted by atomic mass is 9.90. The Balaban J connectivity index is 1.60. The number of hydrogen-bond donors (Lipinski definition) is 2. The molecule has 154 valence electrons. The minimum Gasteiger partial charge on any atom is -0.371 e. The summed E-state index contributed by atoms with van der Waals surface area (Å²) in [7, 11) is 0. The van der Waals surface area contributed by atoms with Crippen LogP contribution in [0.3, 0.4) is 0 Å². The molecule has 2 aliphatic rings. The van der Waals surface area contributed by atoms with E-state index in [-0.39, 0.29) is 22.7 Å². The molecule has 1 saturated heterocycles. The van der Waals surface area contributed by atoms with Crippen molar-refractivity contribution in [3.63, 3.8) is 0 Å². The first-order valence-corrected chi connectivity index (χ1v) is 10.5. The fourth-order valence-corrected chi connectivity index (χ4v) is 4.59. The van der Waals surface area contributed by atoms with Gasteiger partial charge in [-0.2, -0.15) is 5.26 Å². The number of nitrogens with one attached hydrogen (secondary N) is 2. The molecule has 1 aromatic carbocycles. The second-order valence-corrected chi connectivity index (χ2v) is 8.89. The van der Waals surface area contributed by atoms with Crippen LogP contribution in [0.5, 0.6) is 0 Å². The standard InChI is InChI=1S/C22H29N5O2/c1-15-18(26-12-9-22(2,14-26)13-24-11-4-3-10-23)8-7-17-19(15)27(16-5-6-16)21(29)25-20(17)28/h7-8,16,24H,3-6,9,11-14H2,1-2H3,(H,25,28,29). The van der Waals surface area contributed by atoms with Gasteiger partial charge in [-0.05, 0) is 62.3 Å². The molecule has 2 N–H and O–H groups in total. The Labute approximate surface area is 170 Å². The Morgan fingerprint density at radius 2 is 2.14 bits per heavy atom. The molecule has 1 aromatic heterocycles. The van der Waals surface area contributed by atoms with Gasteiger partial charge in [0.2, 0.25) is 0 Å². The summed E-state index contributed by atoms with van der Waals surface area (Å²) < 4.78 is 1.79. The van der Waals surface area contributed by atoms with Gasteiger partial charge in [0.05, 0.1) is 17.0 Å². The summed E-state index contributed by atoms with van der Waals surface area (Å²) in [5.74, 6) is 0. The van der Waals surface area contributed by atoms with Gasteiger partial charge < -0.3 is 10.2 Å². The number of aryl methyl sites for hydroxylation is 1. The predicted molar refractivity (Wildman–Crippen MR) is 114 cm³/mol. The number of aromatic nitrogens is 2. The molecule has 2 heterocycles. The lowest BCUT2D eigenvalue weighted by Crippen LogP contribution is -2.35. The van der Waals surface area contributed by atoms with Crippen molar-refractivity contribution in [2.75, 3.05) is 31.1 Å². The van der Waals surface area contributed by atoms with Crippen molar-refractivity contribution < 1.29 is 0 Å². The summed E-state index contributed by atoms with van der Waals surface area (Å²) in [5.41, 5.74) is 2.50. The molecule has 2 aromatic rings. The summed E-state index contributed by atoms with van der Waals surface area (Å²) in [5, 5.41) is 12.7. The summed E-state index contributed by atoms with van der Waals surface area (Å²) in [6.07, 6.45) is 4.54. The molecule has 4 rings (SSSR count). The van der Waals surface area contributed by atoms with E-state index < -0.39 is 0 Å². The SMILES string of the molecule is Cc1c(N2CCC(C)(CNCCCC#N)C2)ccc2c(=O)[nH]c(=O)n(C3CC3)c12. The van der Waals surface area contributed by atoms with Crippen molar-refractivity contribution in [1.29, 1.82) is 5.26 Å². The first kappa shape index (κ1) is 19.7. The van der Waals surface area contributed by atoms with E-state index in [2.05, 4.69) is 28.2 Å². The maximum Gasteiger partial charge on any atom is 0.329 e. The fourth-order valence-electron chi connectivity index (χ4n) is 4.59. The molecular formula is C22H29N5O2. The molecule has 1 aliphatic heterocycles. The topological polar surface area (TPSA) is 93.9 Å². The average molecular weight is 396 g/mol. The van der Waals surface area contributed by atoms with Gasteiger partial charge in [-0.25, -0.2) is 4.79 Å². The van der Waals surface area contributed by atoms with Crippen molar-refractivity contribution >= 4 is 16.6 Å². The molecular weight excluding hydrogens is 366 g/mol. The number of nitriles is 1. The minimum atomic E-state index is -0.302. The highest BCUT2D eigenvalue weighted by Crippen LogP contribution is 2.39. The van der Waals surface area contributed by atoms with Crippen LogP contribution in [-0.4, -0.2) is 35.7 Å². The lowest BCUT2D eigenvalue weighted by Gasteiger charge is -2.27. The van der Waals surface area contributed by atoms with Crippen LogP contribution in [0.25, 0.3) is 10.9 Å². The number of nitrogens with zero attached hydrogens (tertiary/aromatic N) is 3. The quantitative estimate of drug-likeness (QED) is 0.703. The second kappa shape index (κ2) is 7.68. The number of anilines is 1. The largest absolute Gasteiger partial charge is 0.371 e. The van der Waals surface area contributed by atoms with Gasteiger partial charge in [0, 0.05) is 37.8 Å². The van der Waals surface area contributed by atoms with Crippen molar-refractivity contribution in [2.24, 2.45) is 5.41 Å². The van der Waals surface area contributed by atoms with Gasteiger partial charge in [-0.1, -0.05) is 6.92 Å². The highest BCUT2D eigenvalue weighted by Gasteiger charge is 2.35. The monoisotopic (exact) mass is 395 g/mol. The Bertz CT molecular complexity index is 1080. The highest BCUT2D eigenvalue weighted by atomic mass is 16.2. The number of aromatic amines is 1. The Morgan fingerprint density at radius 1 is 1.34 bits per heavy atom. The number of fused-ring (bicyclic) bond motifs is 1. The van der Waals surface area contributed by atoms with Crippen LogP contribution in [-0.2, 0) is 0 Å². The minimum absolute atomic E-state index is 0.165. The molecule has 0 radical (unpaired) electrons. The zero-order valence-corrected chi connectivity index (χ0v) is 17.3. The van der Waals surface area contributed by atoms with Crippen molar-refractivity contribution in [3.05, 3.63) is 38.5 Å². The van der Waals surface area contributed by atoms with Gasteiger partial charge >= 0.3 is 5.69 Å². The van der Waals surface area contributed by atoms with Gasteiger partial charge in [0.25, 0.3) is 5.56 Å². The third-order valence-electron chi connectivity index (χ3n) is 6.33. The molecule has 0 amide bonds. The molecule has 29 heavy (non-hydrogen) atoms. The average Bonchev–Trinajstić information content (AvgIpc) is 3.44. The zero-order chi connectivity index (χ0) is 20.6. The van der Waals surface area contributed by atoms with E-state index in [1.165, 1.54) is 0 Å². The molecule has 1 saturated carbocycles. The van der Waals surface area contributed by atoms with E-state index in [9.17, 15) is 9.59 Å². The molecule has 1 atom stereocenters. The molecule has 0 spiro atoms. The van der Waals surface area contributed by atoms with Crippen LogP contribution in [0, 0.1) is 23.7 Å². The zero-order valence-electron chi connectivity index (χ0n) is 17.3.